The molecule has 0 atom stereocenters. The van der Waals surface area contributed by atoms with Crippen LogP contribution >= 0.6 is 0 Å². The fourth-order valence-electron chi connectivity index (χ4n) is 4.83. The zero-order chi connectivity index (χ0) is 26.5. The number of anilines is 1. The molecule has 0 spiro atoms. The van der Waals surface area contributed by atoms with Crippen LogP contribution in [0.5, 0.6) is 0 Å². The first-order valence-electron chi connectivity index (χ1n) is 13.2. The summed E-state index contributed by atoms with van der Waals surface area (Å²) in [6, 6.07) is 16.8. The normalized spacial score (nSPS) is 14.4. The van der Waals surface area contributed by atoms with E-state index in [2.05, 4.69) is 29.0 Å². The van der Waals surface area contributed by atoms with Crippen molar-refractivity contribution in [1.29, 1.82) is 0 Å². The van der Waals surface area contributed by atoms with Gasteiger partial charge in [-0.15, -0.1) is 0 Å². The van der Waals surface area contributed by atoms with E-state index in [1.807, 2.05) is 66.8 Å². The van der Waals surface area contributed by atoms with E-state index < -0.39 is 0 Å². The Morgan fingerprint density at radius 3 is 2.35 bits per heavy atom. The Bertz CT molecular complexity index is 1180. The number of piperazine rings is 1. The fourth-order valence-corrected chi connectivity index (χ4v) is 4.83. The number of rotatable bonds is 8. The maximum Gasteiger partial charge on any atom is 0.318 e. The highest BCUT2D eigenvalue weighted by Crippen LogP contribution is 2.30. The first-order chi connectivity index (χ1) is 17.7. The van der Waals surface area contributed by atoms with Crippen LogP contribution in [0.15, 0.2) is 54.6 Å². The van der Waals surface area contributed by atoms with Crippen LogP contribution in [0.4, 0.5) is 15.0 Å². The molecule has 0 radical (unpaired) electrons. The molecular formula is C29H39FN6O. The average molecular weight is 507 g/mol. The quantitative estimate of drug-likeness (QED) is 0.469. The van der Waals surface area contributed by atoms with Crippen LogP contribution in [0.25, 0.3) is 5.69 Å². The van der Waals surface area contributed by atoms with Gasteiger partial charge in [0.2, 0.25) is 0 Å². The van der Waals surface area contributed by atoms with E-state index in [4.69, 9.17) is 5.10 Å². The zero-order valence-electron chi connectivity index (χ0n) is 22.6. The number of hydrogen-bond acceptors (Lipinski definition) is 4. The van der Waals surface area contributed by atoms with Gasteiger partial charge in [-0.3, -0.25) is 4.90 Å². The van der Waals surface area contributed by atoms with Crippen molar-refractivity contribution in [1.82, 2.24) is 24.9 Å². The Morgan fingerprint density at radius 1 is 1.03 bits per heavy atom. The number of nitrogens with zero attached hydrogens (tertiary/aromatic N) is 5. The Kier molecular flexibility index (Phi) is 8.48. The second-order valence-corrected chi connectivity index (χ2v) is 10.3. The van der Waals surface area contributed by atoms with E-state index in [9.17, 15) is 9.18 Å². The molecule has 2 aromatic carbocycles. The second-order valence-electron chi connectivity index (χ2n) is 10.3. The van der Waals surface area contributed by atoms with Gasteiger partial charge in [0.15, 0.2) is 0 Å². The topological polar surface area (TPSA) is 56.6 Å². The number of carbonyl (C=O) groups excluding carboxylic acids is 1. The predicted molar refractivity (Wildman–Crippen MR) is 147 cm³/mol. The number of aromatic nitrogens is 2. The minimum absolute atomic E-state index is 0.0154. The lowest BCUT2D eigenvalue weighted by Crippen LogP contribution is -2.50. The van der Waals surface area contributed by atoms with Gasteiger partial charge in [0.25, 0.3) is 0 Å². The maximum atomic E-state index is 14.2. The highest BCUT2D eigenvalue weighted by Gasteiger charge is 2.29. The molecule has 0 bridgehead atoms. The number of hydrogen-bond donors (Lipinski definition) is 1. The minimum atomic E-state index is -0.299. The lowest BCUT2D eigenvalue weighted by Gasteiger charge is -2.39. The molecule has 0 aliphatic carbocycles. The molecule has 3 aromatic rings. The summed E-state index contributed by atoms with van der Waals surface area (Å²) < 4.78 is 16.0. The van der Waals surface area contributed by atoms with Crippen molar-refractivity contribution in [3.63, 3.8) is 0 Å². The van der Waals surface area contributed by atoms with Crippen molar-refractivity contribution in [2.45, 2.75) is 59.8 Å². The molecule has 37 heavy (non-hydrogen) atoms. The molecular weight excluding hydrogens is 467 g/mol. The molecule has 8 heteroatoms. The van der Waals surface area contributed by atoms with E-state index in [0.29, 0.717) is 24.8 Å². The highest BCUT2D eigenvalue weighted by molar-refractivity contribution is 5.75. The third-order valence-corrected chi connectivity index (χ3v) is 7.05. The van der Waals surface area contributed by atoms with Gasteiger partial charge in [-0.25, -0.2) is 13.9 Å². The zero-order valence-corrected chi connectivity index (χ0v) is 22.6. The van der Waals surface area contributed by atoms with E-state index in [0.717, 1.165) is 48.8 Å². The van der Waals surface area contributed by atoms with Gasteiger partial charge < -0.3 is 15.1 Å². The molecule has 1 aromatic heterocycles. The number of urea groups is 1. The summed E-state index contributed by atoms with van der Waals surface area (Å²) in [5, 5.41) is 7.93. The molecule has 2 heterocycles. The standard InChI is InChI=1S/C29H39FN6O/c1-21(2)33-14-16-34(17-15-33)28-27(23(5)32-36(28)26-13-9-12-25(30)18-26)20-35(22(3)4)29(37)31-19-24-10-7-6-8-11-24/h6-13,18,21-22H,14-17,19-20H2,1-5H3,(H,31,37). The van der Waals surface area contributed by atoms with E-state index in [1.54, 1.807) is 6.07 Å². The molecule has 0 saturated carbocycles. The average Bonchev–Trinajstić information content (AvgIpc) is 3.22. The number of halogens is 1. The van der Waals surface area contributed by atoms with Crippen LogP contribution in [0, 0.1) is 12.7 Å². The fraction of sp³-hybridized carbons (Fsp3) is 0.448. The summed E-state index contributed by atoms with van der Waals surface area (Å²) in [5.41, 5.74) is 3.57. The summed E-state index contributed by atoms with van der Waals surface area (Å²) in [5.74, 6) is 0.639. The number of carbonyl (C=O) groups is 1. The monoisotopic (exact) mass is 506 g/mol. The molecule has 1 saturated heterocycles. The van der Waals surface area contributed by atoms with Crippen molar-refractivity contribution >= 4 is 11.8 Å². The Hall–Kier alpha value is -3.39. The van der Waals surface area contributed by atoms with Gasteiger partial charge >= 0.3 is 6.03 Å². The van der Waals surface area contributed by atoms with Crippen LogP contribution in [0.3, 0.4) is 0 Å². The summed E-state index contributed by atoms with van der Waals surface area (Å²) in [7, 11) is 0. The van der Waals surface area contributed by atoms with Crippen LogP contribution < -0.4 is 10.2 Å². The van der Waals surface area contributed by atoms with Gasteiger partial charge in [0.1, 0.15) is 11.6 Å². The molecule has 0 unspecified atom stereocenters. The summed E-state index contributed by atoms with van der Waals surface area (Å²) >= 11 is 0. The second kappa shape index (κ2) is 11.8. The van der Waals surface area contributed by atoms with Crippen molar-refractivity contribution < 1.29 is 9.18 Å². The lowest BCUT2D eigenvalue weighted by atomic mass is 10.1. The maximum absolute atomic E-state index is 14.2. The number of benzene rings is 2. The summed E-state index contributed by atoms with van der Waals surface area (Å²) in [6.07, 6.45) is 0. The number of nitrogens with one attached hydrogen (secondary N) is 1. The van der Waals surface area contributed by atoms with Crippen molar-refractivity contribution in [2.24, 2.45) is 0 Å². The van der Waals surface area contributed by atoms with Gasteiger partial charge in [-0.2, -0.15) is 5.10 Å². The van der Waals surface area contributed by atoms with Crippen LogP contribution in [-0.2, 0) is 13.1 Å². The molecule has 2 amide bonds. The van der Waals surface area contributed by atoms with Gasteiger partial charge in [0, 0.05) is 50.4 Å². The molecule has 1 fully saturated rings. The Balaban J connectivity index is 1.65. The summed E-state index contributed by atoms with van der Waals surface area (Å²) in [6.45, 7) is 14.9. The minimum Gasteiger partial charge on any atom is -0.354 e. The van der Waals surface area contributed by atoms with Gasteiger partial charge in [-0.05, 0) is 58.4 Å². The highest BCUT2D eigenvalue weighted by atomic mass is 19.1. The lowest BCUT2D eigenvalue weighted by molar-refractivity contribution is 0.179. The van der Waals surface area contributed by atoms with Crippen LogP contribution in [-0.4, -0.2) is 63.9 Å². The van der Waals surface area contributed by atoms with E-state index >= 15 is 0 Å². The molecule has 198 valence electrons. The van der Waals surface area contributed by atoms with E-state index in [1.165, 1.54) is 12.1 Å². The summed E-state index contributed by atoms with van der Waals surface area (Å²) in [4.78, 5) is 20.0. The van der Waals surface area contributed by atoms with Gasteiger partial charge in [0.05, 0.1) is 17.9 Å². The Morgan fingerprint density at radius 2 is 1.73 bits per heavy atom. The van der Waals surface area contributed by atoms with Crippen molar-refractivity contribution in [2.75, 3.05) is 31.1 Å². The third kappa shape index (κ3) is 6.31. The molecule has 7 nitrogen and oxygen atoms in total. The SMILES string of the molecule is Cc1nn(-c2cccc(F)c2)c(N2CCN(C(C)C)CC2)c1CN(C(=O)NCc1ccccc1)C(C)C. The van der Waals surface area contributed by atoms with E-state index in [-0.39, 0.29) is 17.9 Å². The smallest absolute Gasteiger partial charge is 0.318 e. The number of amides is 2. The number of aryl methyl sites for hydroxylation is 1. The predicted octanol–water partition coefficient (Wildman–Crippen LogP) is 4.97. The first kappa shape index (κ1) is 26.7. The molecule has 1 N–H and O–H groups in total. The third-order valence-electron chi connectivity index (χ3n) is 7.05. The molecule has 1 aliphatic heterocycles. The first-order valence-corrected chi connectivity index (χ1v) is 13.2. The van der Waals surface area contributed by atoms with Crippen LogP contribution in [0.2, 0.25) is 0 Å². The molecule has 1 aliphatic rings. The van der Waals surface area contributed by atoms with Gasteiger partial charge in [-0.1, -0.05) is 36.4 Å². The Labute approximate surface area is 219 Å². The van der Waals surface area contributed by atoms with Crippen molar-refractivity contribution in [3.05, 3.63) is 77.2 Å². The van der Waals surface area contributed by atoms with Crippen molar-refractivity contribution in [3.8, 4) is 5.69 Å². The largest absolute Gasteiger partial charge is 0.354 e. The molecule has 4 rings (SSSR count). The van der Waals surface area contributed by atoms with Crippen LogP contribution in [0.1, 0.15) is 44.5 Å².